The van der Waals surface area contributed by atoms with Gasteiger partial charge in [0.2, 0.25) is 0 Å². The topological polar surface area (TPSA) is 102 Å². The van der Waals surface area contributed by atoms with Crippen LogP contribution < -0.4 is 14.4 Å². The van der Waals surface area contributed by atoms with Crippen LogP contribution >= 0.6 is 11.6 Å². The summed E-state index contributed by atoms with van der Waals surface area (Å²) in [6.45, 7) is 9.88. The lowest BCUT2D eigenvalue weighted by atomic mass is 9.95. The summed E-state index contributed by atoms with van der Waals surface area (Å²) < 4.78 is 55.0. The number of nitrogens with zero attached hydrogens (tertiary/aromatic N) is 6. The summed E-state index contributed by atoms with van der Waals surface area (Å²) in [5, 5.41) is 2.18. The van der Waals surface area contributed by atoms with E-state index in [1.165, 1.54) is 7.11 Å². The third kappa shape index (κ3) is 6.48. The van der Waals surface area contributed by atoms with Crippen molar-refractivity contribution in [1.82, 2.24) is 24.8 Å². The first-order chi connectivity index (χ1) is 25.3. The lowest BCUT2D eigenvalue weighted by Gasteiger charge is -2.47. The summed E-state index contributed by atoms with van der Waals surface area (Å²) >= 11 is 6.73. The number of amides is 1. The molecule has 0 radical (unpaired) electrons. The molecule has 4 saturated heterocycles. The number of carbonyl (C=O) groups is 1. The van der Waals surface area contributed by atoms with Gasteiger partial charge >= 0.3 is 12.1 Å². The van der Waals surface area contributed by atoms with Crippen LogP contribution in [0.1, 0.15) is 59.8 Å². The van der Waals surface area contributed by atoms with Gasteiger partial charge in [-0.05, 0) is 83.5 Å². The number of anilines is 1. The largest absolute Gasteiger partial charge is 0.468 e. The van der Waals surface area contributed by atoms with Crippen molar-refractivity contribution in [2.75, 3.05) is 51.6 Å². The Balaban J connectivity index is 1.23. The van der Waals surface area contributed by atoms with Gasteiger partial charge < -0.3 is 23.8 Å². The Bertz CT molecular complexity index is 2080. The molecule has 0 spiro atoms. The number of carbonyl (C=O) groups excluding carboxylic acids is 1. The average Bonchev–Trinajstić information content (AvgIpc) is 3.70. The maximum Gasteiger partial charge on any atom is 0.411 e. The smallest absolute Gasteiger partial charge is 0.411 e. The monoisotopic (exact) mass is 750 g/mol. The Morgan fingerprint density at radius 3 is 2.74 bits per heavy atom. The number of alkyl halides is 1. The third-order valence-corrected chi connectivity index (χ3v) is 11.5. The molecule has 0 aliphatic carbocycles. The van der Waals surface area contributed by atoms with Crippen LogP contribution in [0.4, 0.5) is 19.4 Å². The minimum absolute atomic E-state index is 0.000393. The third-order valence-electron chi connectivity index (χ3n) is 11.2. The van der Waals surface area contributed by atoms with E-state index in [-0.39, 0.29) is 42.8 Å². The van der Waals surface area contributed by atoms with Gasteiger partial charge in [-0.25, -0.2) is 13.6 Å². The fourth-order valence-electron chi connectivity index (χ4n) is 8.98. The molecule has 4 fully saturated rings. The number of halogens is 3. The van der Waals surface area contributed by atoms with Crippen molar-refractivity contribution in [3.8, 4) is 23.0 Å². The molecule has 6 heterocycles. The zero-order valence-corrected chi connectivity index (χ0v) is 31.5. The van der Waals surface area contributed by atoms with Gasteiger partial charge in [-0.1, -0.05) is 23.7 Å². The highest BCUT2D eigenvalue weighted by Crippen LogP contribution is 2.45. The first kappa shape index (κ1) is 35.9. The molecule has 0 saturated carbocycles. The number of benzene rings is 2. The van der Waals surface area contributed by atoms with Gasteiger partial charge in [0.1, 0.15) is 41.2 Å². The van der Waals surface area contributed by atoms with E-state index in [2.05, 4.69) is 26.7 Å². The van der Waals surface area contributed by atoms with Crippen LogP contribution in [-0.4, -0.2) is 106 Å². The highest BCUT2D eigenvalue weighted by atomic mass is 35.5. The summed E-state index contributed by atoms with van der Waals surface area (Å²) in [7, 11) is 1.52. The molecule has 4 atom stereocenters. The number of methoxy groups -OCH3 is 1. The maximum atomic E-state index is 17.2. The Kier molecular flexibility index (Phi) is 9.05. The van der Waals surface area contributed by atoms with Gasteiger partial charge in [0, 0.05) is 55.3 Å². The number of aromatic nitrogens is 3. The predicted octanol–water partition coefficient (Wildman–Crippen LogP) is 7.55. The zero-order valence-electron chi connectivity index (χ0n) is 30.8. The summed E-state index contributed by atoms with van der Waals surface area (Å²) in [5.41, 5.74) is -1.16. The molecule has 282 valence electrons. The molecule has 8 rings (SSSR count). The second-order valence-corrected chi connectivity index (χ2v) is 16.6. The maximum absolute atomic E-state index is 17.2. The van der Waals surface area contributed by atoms with Crippen LogP contribution in [0, 0.1) is 5.82 Å². The number of hydrogen-bond donors (Lipinski definition) is 0. The zero-order chi connectivity index (χ0) is 37.3. The quantitative estimate of drug-likeness (QED) is 0.168. The number of ether oxygens (including phenoxy) is 4. The van der Waals surface area contributed by atoms with Crippen molar-refractivity contribution in [1.29, 1.82) is 0 Å². The van der Waals surface area contributed by atoms with Crippen LogP contribution in [-0.2, 0) is 9.47 Å². The molecule has 0 unspecified atom stereocenters. The van der Waals surface area contributed by atoms with Crippen molar-refractivity contribution < 1.29 is 32.5 Å². The Labute approximate surface area is 312 Å². The molecular formula is C39H45ClF2N6O5. The van der Waals surface area contributed by atoms with E-state index >= 15 is 4.39 Å². The molecule has 53 heavy (non-hydrogen) atoms. The van der Waals surface area contributed by atoms with E-state index in [1.807, 2.05) is 43.9 Å². The highest BCUT2D eigenvalue weighted by molar-refractivity contribution is 6.36. The number of pyridine rings is 1. The van der Waals surface area contributed by atoms with E-state index in [4.69, 9.17) is 35.5 Å². The molecule has 2 aromatic heterocycles. The fraction of sp³-hybridized carbons (Fsp3) is 0.538. The molecule has 0 N–H and O–H groups in total. The molecule has 4 aliphatic heterocycles. The van der Waals surface area contributed by atoms with Crippen LogP contribution in [0.2, 0.25) is 5.02 Å². The first-order valence-electron chi connectivity index (χ1n) is 18.3. The minimum atomic E-state index is -0.930. The molecule has 14 heteroatoms. The fourth-order valence-corrected chi connectivity index (χ4v) is 9.27. The van der Waals surface area contributed by atoms with E-state index < -0.39 is 28.7 Å². The normalized spacial score (nSPS) is 25.7. The van der Waals surface area contributed by atoms with Crippen LogP contribution in [0.5, 0.6) is 11.8 Å². The van der Waals surface area contributed by atoms with Gasteiger partial charge in [-0.15, -0.1) is 0 Å². The molecule has 2 bridgehead atoms. The Hall–Kier alpha value is -4.07. The van der Waals surface area contributed by atoms with Crippen LogP contribution in [0.3, 0.4) is 0 Å². The minimum Gasteiger partial charge on any atom is -0.468 e. The molecule has 2 aromatic carbocycles. The number of rotatable bonds is 8. The van der Waals surface area contributed by atoms with Crippen molar-refractivity contribution in [3.63, 3.8) is 0 Å². The van der Waals surface area contributed by atoms with Gasteiger partial charge in [-0.2, -0.15) is 9.97 Å². The standard InChI is InChI=1S/C39H45ClF2N6O5/c1-37(2,3)53-36(49)48-25-10-12-38(48,4)20-46(19-25)34-28-17-43-32(27-15-26(52-22-50-5)14-23-8-6-9-29(40)30(23)27)31(42)33(28)44-35(45-34)51-21-39-11-7-13-47(39)18-24(41)16-39/h6,8-9,14-15,17,24-25H,7,10-13,16,18-22H2,1-5H3/t24-,25+,38-,39+/m0/s1. The van der Waals surface area contributed by atoms with E-state index in [0.29, 0.717) is 59.0 Å². The summed E-state index contributed by atoms with van der Waals surface area (Å²) in [6, 6.07) is 8.80. The number of fused-ring (bicyclic) bond motifs is 5. The molecule has 4 aromatic rings. The molecule has 4 aliphatic rings. The van der Waals surface area contributed by atoms with E-state index in [1.54, 1.807) is 18.3 Å². The van der Waals surface area contributed by atoms with Crippen molar-refractivity contribution in [2.45, 2.75) is 88.7 Å². The summed E-state index contributed by atoms with van der Waals surface area (Å²) in [4.78, 5) is 33.8. The van der Waals surface area contributed by atoms with Gasteiger partial charge in [0.15, 0.2) is 12.6 Å². The van der Waals surface area contributed by atoms with Gasteiger partial charge in [0.05, 0.1) is 22.5 Å². The van der Waals surface area contributed by atoms with E-state index in [0.717, 1.165) is 37.6 Å². The van der Waals surface area contributed by atoms with Crippen molar-refractivity contribution >= 4 is 45.2 Å². The van der Waals surface area contributed by atoms with E-state index in [9.17, 15) is 9.18 Å². The second kappa shape index (κ2) is 13.3. The van der Waals surface area contributed by atoms with Crippen molar-refractivity contribution in [3.05, 3.63) is 47.4 Å². The average molecular weight is 751 g/mol. The Morgan fingerprint density at radius 2 is 1.96 bits per heavy atom. The van der Waals surface area contributed by atoms with Crippen LogP contribution in [0.25, 0.3) is 32.9 Å². The molecule has 1 amide bonds. The number of piperazine rings is 1. The van der Waals surface area contributed by atoms with Gasteiger partial charge in [0.25, 0.3) is 0 Å². The first-order valence-corrected chi connectivity index (χ1v) is 18.7. The van der Waals surface area contributed by atoms with Crippen LogP contribution in [0.15, 0.2) is 36.5 Å². The molecular weight excluding hydrogens is 706 g/mol. The van der Waals surface area contributed by atoms with Crippen molar-refractivity contribution in [2.24, 2.45) is 0 Å². The Morgan fingerprint density at radius 1 is 1.13 bits per heavy atom. The van der Waals surface area contributed by atoms with Gasteiger partial charge in [-0.3, -0.25) is 14.8 Å². The highest BCUT2D eigenvalue weighted by Gasteiger charge is 2.53. The number of hydrogen-bond acceptors (Lipinski definition) is 10. The summed E-state index contributed by atoms with van der Waals surface area (Å²) in [6.07, 6.45) is 4.00. The second-order valence-electron chi connectivity index (χ2n) is 16.2. The summed E-state index contributed by atoms with van der Waals surface area (Å²) in [5.74, 6) is 0.244. The lowest BCUT2D eigenvalue weighted by Crippen LogP contribution is -2.63. The predicted molar refractivity (Wildman–Crippen MR) is 198 cm³/mol. The molecule has 11 nitrogen and oxygen atoms in total. The lowest BCUT2D eigenvalue weighted by molar-refractivity contribution is -0.00281. The SMILES string of the molecule is COCOc1cc(-c2ncc3c(N4C[C@H]5CC[C@@](C)(C4)N5C(=O)OC(C)(C)C)nc(OC[C@]45CCCN4C[C@@H](F)C5)nc3c2F)c2c(Cl)cccc2c1.